The number of fused-ring (bicyclic) bond motifs is 4. The Labute approximate surface area is 561 Å². The number of allylic oxidation sites excluding steroid dienone is 3. The summed E-state index contributed by atoms with van der Waals surface area (Å²) in [6.07, 6.45) is -40.1. The molecule has 34 nitrogen and oxygen atoms in total. The second-order valence-electron chi connectivity index (χ2n) is 28.9. The molecule has 0 aromatic rings. The van der Waals surface area contributed by atoms with Crippen LogP contribution in [-0.2, 0) is 100 Å². The second-order valence-corrected chi connectivity index (χ2v) is 31.1. The van der Waals surface area contributed by atoms with Gasteiger partial charge in [0, 0.05) is 19.4 Å². The number of hydrogen-bond donors (Lipinski definition) is 13. The van der Waals surface area contributed by atoms with E-state index >= 15 is 0 Å². The molecule has 6 heterocycles. The van der Waals surface area contributed by atoms with Crippen LogP contribution in [0.1, 0.15) is 106 Å². The average molecular weight is 1440 g/mol. The monoisotopic (exact) mass is 1440 g/mol. The fourth-order valence-corrected chi connectivity index (χ4v) is 18.8. The average Bonchev–Trinajstić information content (AvgIpc) is 1.53. The van der Waals surface area contributed by atoms with E-state index in [2.05, 4.69) is 30.7 Å². The summed E-state index contributed by atoms with van der Waals surface area (Å²) < 4.78 is 155. The minimum absolute atomic E-state index is 0.0697. The molecule has 0 aromatic carbocycles. The van der Waals surface area contributed by atoms with Crippen LogP contribution in [0.2, 0.25) is 0 Å². The van der Waals surface area contributed by atoms with Crippen LogP contribution in [0.4, 0.5) is 0 Å². The smallest absolute Gasteiger partial charge is 0.397 e. The molecule has 13 N–H and O–H groups in total. The molecule has 32 atom stereocenters. The van der Waals surface area contributed by atoms with Crippen LogP contribution in [0.3, 0.4) is 0 Å². The van der Waals surface area contributed by atoms with Gasteiger partial charge in [-0.15, -0.1) is 6.58 Å². The number of hydrogen-bond acceptors (Lipinski definition) is 32. The maximum absolute atomic E-state index is 14.8. The van der Waals surface area contributed by atoms with Crippen molar-refractivity contribution >= 4 is 32.7 Å². The van der Waals surface area contributed by atoms with Gasteiger partial charge in [0.05, 0.1) is 50.5 Å². The number of aliphatic hydroxyl groups excluding tert-OH is 11. The van der Waals surface area contributed by atoms with Gasteiger partial charge in [-0.2, -0.15) is 16.8 Å². The first-order valence-electron chi connectivity index (χ1n) is 32.7. The Bertz CT molecular complexity index is 3070. The predicted molar refractivity (Wildman–Crippen MR) is 320 cm³/mol. The highest BCUT2D eigenvalue weighted by molar-refractivity contribution is 7.81. The number of carbonyl (C=O) groups is 2. The summed E-state index contributed by atoms with van der Waals surface area (Å²) in [5.41, 5.74) is -1.83. The lowest BCUT2D eigenvalue weighted by Gasteiger charge is -2.64. The Morgan fingerprint density at radius 1 is 0.649 bits per heavy atom. The normalized spacial score (nSPS) is 48.3. The quantitative estimate of drug-likeness (QED) is 0.0280. The van der Waals surface area contributed by atoms with Gasteiger partial charge in [-0.05, 0) is 94.3 Å². The highest BCUT2D eigenvalue weighted by Crippen LogP contribution is 2.77. The van der Waals surface area contributed by atoms with Crippen molar-refractivity contribution in [2.24, 2.45) is 39.4 Å². The molecule has 9 fully saturated rings. The van der Waals surface area contributed by atoms with E-state index in [9.17, 15) is 91.7 Å². The first kappa shape index (κ1) is 76.9. The summed E-state index contributed by atoms with van der Waals surface area (Å²) in [5.74, 6) is -1.41. The number of carbonyl (C=O) groups excluding carboxylic acids is 2. The maximum Gasteiger partial charge on any atom is 0.397 e. The van der Waals surface area contributed by atoms with Gasteiger partial charge in [-0.25, -0.2) is 8.37 Å². The molecule has 0 bridgehead atoms. The number of methoxy groups -OCH3 is 1. The number of rotatable bonds is 23. The van der Waals surface area contributed by atoms with E-state index in [-0.39, 0.29) is 17.8 Å². The van der Waals surface area contributed by atoms with Gasteiger partial charge in [0.15, 0.2) is 31.5 Å². The molecule has 6 saturated heterocycles. The van der Waals surface area contributed by atoms with Gasteiger partial charge in [0.1, 0.15) is 122 Å². The van der Waals surface area contributed by atoms with E-state index in [0.717, 1.165) is 24.7 Å². The van der Waals surface area contributed by atoms with Crippen LogP contribution in [-0.4, -0.2) is 293 Å². The van der Waals surface area contributed by atoms with Crippen molar-refractivity contribution in [1.29, 1.82) is 0 Å². The Morgan fingerprint density at radius 3 is 1.88 bits per heavy atom. The molecule has 4 aliphatic carbocycles. The lowest BCUT2D eigenvalue weighted by Crippen LogP contribution is -2.68. The number of aliphatic hydroxyl groups is 11. The molecule has 6 aliphatic heterocycles. The van der Waals surface area contributed by atoms with Gasteiger partial charge < -0.3 is 118 Å². The Balaban J connectivity index is 0.938. The highest BCUT2D eigenvalue weighted by Gasteiger charge is 2.79. The van der Waals surface area contributed by atoms with Crippen molar-refractivity contribution in [3.8, 4) is 0 Å². The highest BCUT2D eigenvalue weighted by atomic mass is 32.3. The van der Waals surface area contributed by atoms with Crippen molar-refractivity contribution in [3.05, 3.63) is 23.8 Å². The molecule has 36 heteroatoms. The molecule has 10 aliphatic rings. The molecule has 0 aromatic heterocycles. The van der Waals surface area contributed by atoms with Gasteiger partial charge in [-0.3, -0.25) is 18.7 Å². The summed E-state index contributed by atoms with van der Waals surface area (Å²) in [5, 5.41) is 123. The third-order valence-electron chi connectivity index (χ3n) is 22.6. The molecule has 0 radical (unpaired) electrons. The van der Waals surface area contributed by atoms with Crippen LogP contribution in [0.25, 0.3) is 0 Å². The van der Waals surface area contributed by atoms with Crippen LogP contribution >= 0.6 is 0 Å². The fraction of sp³-hybridized carbons (Fsp3) is 0.902. The van der Waals surface area contributed by atoms with Crippen molar-refractivity contribution in [3.63, 3.8) is 0 Å². The molecule has 556 valence electrons. The second kappa shape index (κ2) is 29.1. The largest absolute Gasteiger partial charge is 0.462 e. The number of ether oxygens (including phenoxy) is 13. The van der Waals surface area contributed by atoms with Crippen molar-refractivity contribution in [2.75, 3.05) is 40.1 Å². The van der Waals surface area contributed by atoms with Crippen LogP contribution < -0.4 is 0 Å². The zero-order chi connectivity index (χ0) is 71.2. The predicted octanol–water partition coefficient (Wildman–Crippen LogP) is -2.76. The molecule has 0 amide bonds. The molecular formula is C61H96O34S2. The zero-order valence-electron chi connectivity index (χ0n) is 55.1. The minimum Gasteiger partial charge on any atom is -0.462 e. The summed E-state index contributed by atoms with van der Waals surface area (Å²) in [7, 11) is -9.57. The van der Waals surface area contributed by atoms with Crippen molar-refractivity contribution in [1.82, 2.24) is 0 Å². The number of esters is 2. The van der Waals surface area contributed by atoms with E-state index in [1.807, 2.05) is 27.7 Å². The maximum atomic E-state index is 14.8. The first-order valence-corrected chi connectivity index (χ1v) is 35.4. The van der Waals surface area contributed by atoms with E-state index in [4.69, 9.17) is 65.8 Å². The SMILES string of the molecule is C=C(C)CCC[C@]1(C)OC(=O)[C@]23CC[C@H]4C(=CC[C@H]5C(C)(C)C(O[C@@H]6OC[C@@H](OS(=O)(=O)O)[C@H](O)[C@H]6O[C@@H]6O[C@H](CO)[C@@H](O[C@@H]7O[C@H](COS(=O)(=O)O)[C@@H](O)[C@H](O[C@@H]8O[C@H](CO)[C@@H](O)[C@H](OC)[C@H]8O)[C@H]7O)[C@H](O)[C@H]6O[C@@H]6OC[C@@H](O)[C@H](O)[C@H]6O)CC[C@]45C)[C@]2(C)C[C@H](OC(C)=O)[C@@H]31. The van der Waals surface area contributed by atoms with Crippen LogP contribution in [0, 0.1) is 39.4 Å². The number of cyclic esters (lactones) is 1. The van der Waals surface area contributed by atoms with Gasteiger partial charge in [-0.1, -0.05) is 44.9 Å². The lowest BCUT2D eigenvalue weighted by molar-refractivity contribution is -0.405. The third kappa shape index (κ3) is 14.5. The van der Waals surface area contributed by atoms with E-state index in [1.54, 1.807) is 0 Å². The summed E-state index contributed by atoms with van der Waals surface area (Å²) >= 11 is 0. The molecule has 10 rings (SSSR count). The molecule has 3 saturated carbocycles. The Hall–Kier alpha value is -2.72. The van der Waals surface area contributed by atoms with Crippen LogP contribution in [0.5, 0.6) is 0 Å². The Kier molecular flexibility index (Phi) is 23.1. The topological polar surface area (TPSA) is 504 Å². The molecular weight excluding hydrogens is 1340 g/mol. The molecule has 1 unspecified atom stereocenters. The third-order valence-corrected chi connectivity index (χ3v) is 23.5. The van der Waals surface area contributed by atoms with Crippen LogP contribution in [0.15, 0.2) is 23.8 Å². The summed E-state index contributed by atoms with van der Waals surface area (Å²) in [6, 6.07) is 0. The lowest BCUT2D eigenvalue weighted by atomic mass is 9.41. The molecule has 97 heavy (non-hydrogen) atoms. The summed E-state index contributed by atoms with van der Waals surface area (Å²) in [4.78, 5) is 27.7. The van der Waals surface area contributed by atoms with E-state index in [0.29, 0.717) is 51.4 Å². The first-order chi connectivity index (χ1) is 45.3. The zero-order valence-corrected chi connectivity index (χ0v) is 56.7. The fourth-order valence-electron chi connectivity index (χ4n) is 18.0. The Morgan fingerprint density at radius 2 is 1.25 bits per heavy atom. The minimum atomic E-state index is -5.36. The van der Waals surface area contributed by atoms with Gasteiger partial charge in [0.25, 0.3) is 0 Å². The van der Waals surface area contributed by atoms with E-state index in [1.165, 1.54) is 6.92 Å². The standard InChI is InChI=1S/C61H96O34S2/c1-25(2)11-10-16-60(8)50-30(85-26(3)64)19-59(7)28-12-13-35-57(4,5)36(15-17-58(35,6)27(28)14-18-61(50,59)56(74)94-60)89-54-48(40(69)34(23-83-54)95-97(78,79)80)93-55-49(92-51-41(70)37(66)29(65)22-82-51)42(71)45(32(21-63)87-55)90-53-44(73)47(39(68)33(88-53)24-84-96(75,76)77)91-52-43(72)46(81-9)38(67)31(20-62)86-52/h12,27,29-55,62-63,65-73H,1,10-11,13-24H2,2-9H3,(H,75,76,77)(H,78,79,80)/t27-,29+,30-,31+,32+,33+,34+,35-,36?,37-,38+,39+,40-,41+,42-,43+,44+,45+,46-,47-,48+,49+,50+,51-,52-,53-,54-,55-,58+,59-,60-,61+/m0/s1. The van der Waals surface area contributed by atoms with E-state index < -0.39 is 247 Å². The van der Waals surface area contributed by atoms with Crippen molar-refractivity contribution in [2.45, 2.75) is 265 Å². The van der Waals surface area contributed by atoms with Crippen molar-refractivity contribution < 1.29 is 162 Å². The van der Waals surface area contributed by atoms with Gasteiger partial charge >= 0.3 is 32.7 Å². The van der Waals surface area contributed by atoms with Gasteiger partial charge in [0.2, 0.25) is 0 Å². The summed E-state index contributed by atoms with van der Waals surface area (Å²) in [6.45, 7) is 12.9. The molecule has 1 spiro atoms.